The molecule has 1 aromatic carbocycles. The fourth-order valence-electron chi connectivity index (χ4n) is 1.94. The lowest BCUT2D eigenvalue weighted by Crippen LogP contribution is -2.16. The topological polar surface area (TPSA) is 79.3 Å². The first-order valence-corrected chi connectivity index (χ1v) is 7.12. The first-order valence-electron chi connectivity index (χ1n) is 6.24. The summed E-state index contributed by atoms with van der Waals surface area (Å²) in [5, 5.41) is 14.2. The van der Waals surface area contributed by atoms with Crippen LogP contribution in [0.2, 0.25) is 0 Å². The van der Waals surface area contributed by atoms with Crippen LogP contribution in [0, 0.1) is 0 Å². The number of carbonyl (C=O) groups excluding carboxylic acids is 1. The molecule has 0 bridgehead atoms. The number of carbonyl (C=O) groups is 2. The Hall–Kier alpha value is -2.21. The van der Waals surface area contributed by atoms with Crippen molar-refractivity contribution >= 4 is 28.3 Å². The zero-order valence-corrected chi connectivity index (χ0v) is 11.3. The van der Waals surface area contributed by atoms with E-state index in [1.165, 1.54) is 23.5 Å². The van der Waals surface area contributed by atoms with E-state index >= 15 is 0 Å². The predicted octanol–water partition coefficient (Wildman–Crippen LogP) is 2.97. The summed E-state index contributed by atoms with van der Waals surface area (Å²) in [7, 11) is 0. The van der Waals surface area contributed by atoms with E-state index in [2.05, 4.69) is 10.3 Å². The second-order valence-electron chi connectivity index (χ2n) is 4.66. The Morgan fingerprint density at radius 2 is 1.95 bits per heavy atom. The summed E-state index contributed by atoms with van der Waals surface area (Å²) in [6.45, 7) is 0. The molecule has 5 nitrogen and oxygen atoms in total. The monoisotopic (exact) mass is 288 g/mol. The fourth-order valence-corrected chi connectivity index (χ4v) is 2.73. The minimum Gasteiger partial charge on any atom is -0.478 e. The van der Waals surface area contributed by atoms with Gasteiger partial charge in [-0.2, -0.15) is 0 Å². The van der Waals surface area contributed by atoms with Crippen molar-refractivity contribution in [3.8, 4) is 0 Å². The maximum Gasteiger partial charge on any atom is 0.336 e. The second-order valence-corrected chi connectivity index (χ2v) is 5.51. The molecule has 0 saturated heterocycles. The van der Waals surface area contributed by atoms with Gasteiger partial charge in [0.15, 0.2) is 5.13 Å². The van der Waals surface area contributed by atoms with E-state index in [0.717, 1.165) is 18.5 Å². The number of hydrogen-bond donors (Lipinski definition) is 2. The molecular formula is C14H12N2O3S. The molecule has 0 spiro atoms. The van der Waals surface area contributed by atoms with Crippen molar-refractivity contribution in [2.24, 2.45) is 0 Å². The molecule has 20 heavy (non-hydrogen) atoms. The van der Waals surface area contributed by atoms with Gasteiger partial charge in [-0.05, 0) is 25.0 Å². The van der Waals surface area contributed by atoms with Gasteiger partial charge in [0.2, 0.25) is 0 Å². The van der Waals surface area contributed by atoms with Crippen LogP contribution in [-0.4, -0.2) is 22.0 Å². The lowest BCUT2D eigenvalue weighted by molar-refractivity contribution is 0.0692. The molecule has 1 heterocycles. The summed E-state index contributed by atoms with van der Waals surface area (Å²) in [5.74, 6) is -1.03. The normalized spacial score (nSPS) is 14.0. The van der Waals surface area contributed by atoms with E-state index in [1.807, 2.05) is 5.38 Å². The van der Waals surface area contributed by atoms with E-state index in [4.69, 9.17) is 5.11 Å². The highest BCUT2D eigenvalue weighted by Gasteiger charge is 2.26. The first kappa shape index (κ1) is 12.8. The molecule has 0 aliphatic heterocycles. The van der Waals surface area contributed by atoms with Crippen LogP contribution in [-0.2, 0) is 0 Å². The van der Waals surface area contributed by atoms with Crippen molar-refractivity contribution in [3.63, 3.8) is 0 Å². The summed E-state index contributed by atoms with van der Waals surface area (Å²) < 4.78 is 0. The maximum atomic E-state index is 12.1. The van der Waals surface area contributed by atoms with E-state index in [1.54, 1.807) is 12.1 Å². The van der Waals surface area contributed by atoms with Crippen LogP contribution in [0.25, 0.3) is 0 Å². The number of aromatic nitrogens is 1. The molecule has 0 atom stereocenters. The van der Waals surface area contributed by atoms with E-state index in [9.17, 15) is 9.59 Å². The zero-order valence-electron chi connectivity index (χ0n) is 10.5. The average Bonchev–Trinajstić information content (AvgIpc) is 3.19. The van der Waals surface area contributed by atoms with Gasteiger partial charge in [-0.25, -0.2) is 9.78 Å². The number of aromatic carboxylic acids is 1. The van der Waals surface area contributed by atoms with Gasteiger partial charge in [0.25, 0.3) is 5.91 Å². The standard InChI is InChI=1S/C14H12N2O3S/c17-12(9-3-1-2-4-10(9)13(18)19)16-14-15-11(7-20-14)8-5-6-8/h1-4,7-8H,5-6H2,(H,18,19)(H,15,16,17). The van der Waals surface area contributed by atoms with Gasteiger partial charge in [0.05, 0.1) is 16.8 Å². The van der Waals surface area contributed by atoms with Crippen molar-refractivity contribution in [1.82, 2.24) is 4.98 Å². The minimum absolute atomic E-state index is 0.0102. The third-order valence-electron chi connectivity index (χ3n) is 3.14. The van der Waals surface area contributed by atoms with Crippen LogP contribution in [0.1, 0.15) is 45.2 Å². The summed E-state index contributed by atoms with van der Waals surface area (Å²) >= 11 is 1.36. The van der Waals surface area contributed by atoms with Gasteiger partial charge in [0, 0.05) is 11.3 Å². The third-order valence-corrected chi connectivity index (χ3v) is 3.92. The summed E-state index contributed by atoms with van der Waals surface area (Å²) in [6.07, 6.45) is 2.30. The number of nitrogens with one attached hydrogen (secondary N) is 1. The molecule has 102 valence electrons. The number of thiazole rings is 1. The third kappa shape index (κ3) is 2.55. The highest BCUT2D eigenvalue weighted by atomic mass is 32.1. The quantitative estimate of drug-likeness (QED) is 0.906. The molecule has 1 saturated carbocycles. The molecule has 2 aromatic rings. The number of rotatable bonds is 4. The fraction of sp³-hybridized carbons (Fsp3) is 0.214. The van der Waals surface area contributed by atoms with E-state index < -0.39 is 11.9 Å². The Kier molecular flexibility index (Phi) is 3.23. The smallest absolute Gasteiger partial charge is 0.336 e. The molecule has 1 aromatic heterocycles. The van der Waals surface area contributed by atoms with Gasteiger partial charge < -0.3 is 5.11 Å². The molecule has 1 aliphatic rings. The molecule has 0 unspecified atom stereocenters. The Morgan fingerprint density at radius 3 is 2.60 bits per heavy atom. The molecule has 3 rings (SSSR count). The zero-order chi connectivity index (χ0) is 14.1. The van der Waals surface area contributed by atoms with Crippen molar-refractivity contribution in [2.75, 3.05) is 5.32 Å². The van der Waals surface area contributed by atoms with Crippen LogP contribution in [0.15, 0.2) is 29.6 Å². The Bertz CT molecular complexity index is 677. The second kappa shape index (κ2) is 5.05. The molecular weight excluding hydrogens is 276 g/mol. The Morgan fingerprint density at radius 1 is 1.25 bits per heavy atom. The maximum absolute atomic E-state index is 12.1. The lowest BCUT2D eigenvalue weighted by Gasteiger charge is -2.05. The Balaban J connectivity index is 1.80. The summed E-state index contributed by atoms with van der Waals surface area (Å²) in [6, 6.07) is 6.14. The predicted molar refractivity (Wildman–Crippen MR) is 75.4 cm³/mol. The number of amides is 1. The van der Waals surface area contributed by atoms with Crippen LogP contribution < -0.4 is 5.32 Å². The van der Waals surface area contributed by atoms with Gasteiger partial charge in [-0.3, -0.25) is 10.1 Å². The van der Waals surface area contributed by atoms with Crippen LogP contribution in [0.3, 0.4) is 0 Å². The number of benzene rings is 1. The van der Waals surface area contributed by atoms with E-state index in [-0.39, 0.29) is 11.1 Å². The summed E-state index contributed by atoms with van der Waals surface area (Å²) in [5.41, 5.74) is 1.14. The van der Waals surface area contributed by atoms with Crippen molar-refractivity contribution in [2.45, 2.75) is 18.8 Å². The van der Waals surface area contributed by atoms with E-state index in [0.29, 0.717) is 11.0 Å². The number of carboxylic acids is 1. The minimum atomic E-state index is -1.12. The number of hydrogen-bond acceptors (Lipinski definition) is 4. The Labute approximate surface area is 119 Å². The van der Waals surface area contributed by atoms with Crippen molar-refractivity contribution in [3.05, 3.63) is 46.5 Å². The molecule has 2 N–H and O–H groups in total. The number of nitrogens with zero attached hydrogens (tertiary/aromatic N) is 1. The molecule has 1 amide bonds. The van der Waals surface area contributed by atoms with Crippen molar-refractivity contribution in [1.29, 1.82) is 0 Å². The van der Waals surface area contributed by atoms with Crippen LogP contribution >= 0.6 is 11.3 Å². The number of anilines is 1. The SMILES string of the molecule is O=C(O)c1ccccc1C(=O)Nc1nc(C2CC2)cs1. The lowest BCUT2D eigenvalue weighted by atomic mass is 10.1. The highest BCUT2D eigenvalue weighted by Crippen LogP contribution is 2.40. The van der Waals surface area contributed by atoms with Gasteiger partial charge in [0.1, 0.15) is 0 Å². The van der Waals surface area contributed by atoms with Crippen LogP contribution in [0.4, 0.5) is 5.13 Å². The van der Waals surface area contributed by atoms with Gasteiger partial charge in [-0.1, -0.05) is 12.1 Å². The molecule has 6 heteroatoms. The highest BCUT2D eigenvalue weighted by molar-refractivity contribution is 7.14. The summed E-state index contributed by atoms with van der Waals surface area (Å²) in [4.78, 5) is 27.6. The largest absolute Gasteiger partial charge is 0.478 e. The average molecular weight is 288 g/mol. The number of carboxylic acid groups (broad SMARTS) is 1. The van der Waals surface area contributed by atoms with Gasteiger partial charge >= 0.3 is 5.97 Å². The molecule has 0 radical (unpaired) electrons. The van der Waals surface area contributed by atoms with Gasteiger partial charge in [-0.15, -0.1) is 11.3 Å². The van der Waals surface area contributed by atoms with Crippen molar-refractivity contribution < 1.29 is 14.7 Å². The molecule has 1 aliphatic carbocycles. The van der Waals surface area contributed by atoms with Crippen LogP contribution in [0.5, 0.6) is 0 Å². The molecule has 1 fully saturated rings. The first-order chi connectivity index (χ1) is 9.65.